The number of para-hydroxylation sites is 1. The Morgan fingerprint density at radius 1 is 1.12 bits per heavy atom. The summed E-state index contributed by atoms with van der Waals surface area (Å²) >= 11 is 0. The molecule has 134 valence electrons. The van der Waals surface area contributed by atoms with E-state index < -0.39 is 13.5 Å². The van der Waals surface area contributed by atoms with Gasteiger partial charge in [-0.2, -0.15) is 0 Å². The number of aliphatic hydroxyl groups excluding tert-OH is 1. The molecule has 0 saturated carbocycles. The molecule has 3 atom stereocenters. The van der Waals surface area contributed by atoms with Crippen molar-refractivity contribution in [3.63, 3.8) is 0 Å². The molecule has 1 N–H and O–H groups in total. The van der Waals surface area contributed by atoms with Crippen LogP contribution >= 0.6 is 7.37 Å². The zero-order valence-electron chi connectivity index (χ0n) is 14.7. The lowest BCUT2D eigenvalue weighted by molar-refractivity contribution is 0.191. The molecule has 2 heterocycles. The molecule has 2 aliphatic heterocycles. The molecule has 1 fully saturated rings. The number of ether oxygens (including phenoxy) is 1. The molecule has 1 saturated heterocycles. The van der Waals surface area contributed by atoms with Crippen molar-refractivity contribution in [3.05, 3.63) is 48.5 Å². The molecule has 0 spiro atoms. The second-order valence-corrected chi connectivity index (χ2v) is 8.76. The van der Waals surface area contributed by atoms with E-state index in [0.717, 1.165) is 17.7 Å². The van der Waals surface area contributed by atoms with Gasteiger partial charge in [0, 0.05) is 5.56 Å². The van der Waals surface area contributed by atoms with Crippen molar-refractivity contribution >= 4 is 12.7 Å². The maximum atomic E-state index is 13.2. The second kappa shape index (κ2) is 7.74. The Labute approximate surface area is 149 Å². The summed E-state index contributed by atoms with van der Waals surface area (Å²) in [6.07, 6.45) is 1.94. The van der Waals surface area contributed by atoms with Crippen molar-refractivity contribution in [2.45, 2.75) is 38.9 Å². The normalized spacial score (nSPS) is 24.0. The van der Waals surface area contributed by atoms with Crippen molar-refractivity contribution in [1.29, 1.82) is 0 Å². The van der Waals surface area contributed by atoms with Gasteiger partial charge < -0.3 is 14.4 Å². The Bertz CT molecular complexity index is 770. The van der Waals surface area contributed by atoms with Crippen LogP contribution in [0.25, 0.3) is 11.1 Å². The van der Waals surface area contributed by atoms with Crippen LogP contribution < -0.4 is 9.83 Å². The Kier molecular flexibility index (Phi) is 5.63. The maximum absolute atomic E-state index is 13.2. The zero-order valence-corrected chi connectivity index (χ0v) is 15.6. The highest BCUT2D eigenvalue weighted by molar-refractivity contribution is 7.67. The summed E-state index contributed by atoms with van der Waals surface area (Å²) < 4.78 is 23.9. The first kappa shape index (κ1) is 18.2. The fourth-order valence-electron chi connectivity index (χ4n) is 2.82. The van der Waals surface area contributed by atoms with Crippen LogP contribution in [0.3, 0.4) is 0 Å². The predicted octanol–water partition coefficient (Wildman–Crippen LogP) is 4.22. The molecule has 3 unspecified atom stereocenters. The van der Waals surface area contributed by atoms with Gasteiger partial charge in [-0.05, 0) is 30.5 Å². The van der Waals surface area contributed by atoms with Gasteiger partial charge in [-0.3, -0.25) is 4.57 Å². The molecule has 2 aliphatic rings. The lowest BCUT2D eigenvalue weighted by atomic mass is 10.0. The summed E-state index contributed by atoms with van der Waals surface area (Å²) in [7, 11) is -3.06. The average Bonchev–Trinajstić information content (AvgIpc) is 3.47. The van der Waals surface area contributed by atoms with Crippen LogP contribution in [0.2, 0.25) is 0 Å². The van der Waals surface area contributed by atoms with Gasteiger partial charge in [0.2, 0.25) is 0 Å². The quantitative estimate of drug-likeness (QED) is 0.655. The van der Waals surface area contributed by atoms with E-state index >= 15 is 0 Å². The Morgan fingerprint density at radius 2 is 1.76 bits per heavy atom. The van der Waals surface area contributed by atoms with E-state index in [9.17, 15) is 9.67 Å². The fraction of sp³-hybridized carbons (Fsp3) is 0.400. The summed E-state index contributed by atoms with van der Waals surface area (Å²) in [6, 6.07) is 15.2. The minimum Gasteiger partial charge on any atom is -0.439 e. The molecule has 5 heteroatoms. The average molecular weight is 360 g/mol. The van der Waals surface area contributed by atoms with Gasteiger partial charge in [-0.15, -0.1) is 0 Å². The van der Waals surface area contributed by atoms with Gasteiger partial charge in [-0.25, -0.2) is 0 Å². The standard InChI is InChI=1S/C16H17O3P.C4H8O/c1-2-12(17)11-20(18)16-10-6-4-8-14(16)13-7-3-5-9-15(13)19-20;1-2-4-3-5-4/h3-10,12,17H,2,11H2,1H3;4H,2-3H2,1H3. The van der Waals surface area contributed by atoms with Gasteiger partial charge in [0.25, 0.3) is 7.37 Å². The molecule has 2 aromatic rings. The van der Waals surface area contributed by atoms with Gasteiger partial charge >= 0.3 is 0 Å². The summed E-state index contributed by atoms with van der Waals surface area (Å²) in [4.78, 5) is 0. The number of hydrogen-bond donors (Lipinski definition) is 1. The Morgan fingerprint density at radius 3 is 2.36 bits per heavy atom. The van der Waals surface area contributed by atoms with Crippen molar-refractivity contribution < 1.29 is 18.9 Å². The highest BCUT2D eigenvalue weighted by atomic mass is 31.2. The summed E-state index contributed by atoms with van der Waals surface area (Å²) in [5, 5.41) is 10.6. The summed E-state index contributed by atoms with van der Waals surface area (Å²) in [5.74, 6) is 0.637. The first-order valence-electron chi connectivity index (χ1n) is 8.84. The summed E-state index contributed by atoms with van der Waals surface area (Å²) in [5.41, 5.74) is 1.90. The van der Waals surface area contributed by atoms with Crippen molar-refractivity contribution in [3.8, 4) is 16.9 Å². The largest absolute Gasteiger partial charge is 0.439 e. The number of hydrogen-bond acceptors (Lipinski definition) is 4. The van der Waals surface area contributed by atoms with Gasteiger partial charge in [-0.1, -0.05) is 50.2 Å². The zero-order chi connectivity index (χ0) is 17.9. The third-order valence-corrected chi connectivity index (χ3v) is 6.99. The first-order valence-corrected chi connectivity index (χ1v) is 10.7. The van der Waals surface area contributed by atoms with E-state index in [-0.39, 0.29) is 6.16 Å². The molecule has 0 radical (unpaired) electrons. The number of benzene rings is 2. The minimum absolute atomic E-state index is 0.162. The molecular formula is C20H25O4P. The number of rotatable bonds is 4. The third-order valence-electron chi connectivity index (χ3n) is 4.47. The van der Waals surface area contributed by atoms with Crippen LogP contribution in [-0.4, -0.2) is 30.1 Å². The number of epoxide rings is 1. The van der Waals surface area contributed by atoms with E-state index in [1.54, 1.807) is 0 Å². The topological polar surface area (TPSA) is 59.1 Å². The molecule has 0 aliphatic carbocycles. The molecule has 25 heavy (non-hydrogen) atoms. The highest BCUT2D eigenvalue weighted by Crippen LogP contribution is 2.54. The number of fused-ring (bicyclic) bond motifs is 3. The third kappa shape index (κ3) is 4.14. The van der Waals surface area contributed by atoms with Crippen LogP contribution in [0.1, 0.15) is 26.7 Å². The highest BCUT2D eigenvalue weighted by Gasteiger charge is 2.37. The lowest BCUT2D eigenvalue weighted by Crippen LogP contribution is -2.24. The van der Waals surface area contributed by atoms with E-state index in [0.29, 0.717) is 23.6 Å². The molecule has 0 aromatic heterocycles. The van der Waals surface area contributed by atoms with Crippen molar-refractivity contribution in [2.75, 3.05) is 12.8 Å². The van der Waals surface area contributed by atoms with Crippen LogP contribution in [0.15, 0.2) is 48.5 Å². The van der Waals surface area contributed by atoms with Crippen molar-refractivity contribution in [2.24, 2.45) is 0 Å². The molecule has 0 amide bonds. The van der Waals surface area contributed by atoms with Crippen LogP contribution in [0, 0.1) is 0 Å². The second-order valence-electron chi connectivity index (χ2n) is 6.39. The maximum Gasteiger partial charge on any atom is 0.280 e. The van der Waals surface area contributed by atoms with Gasteiger partial charge in [0.1, 0.15) is 5.75 Å². The monoisotopic (exact) mass is 360 g/mol. The molecule has 0 bridgehead atoms. The van der Waals surface area contributed by atoms with E-state index in [4.69, 9.17) is 9.26 Å². The fourth-order valence-corrected chi connectivity index (χ4v) is 5.36. The molecular weight excluding hydrogens is 335 g/mol. The van der Waals surface area contributed by atoms with Crippen LogP contribution in [0.4, 0.5) is 0 Å². The Hall–Kier alpha value is -1.61. The molecule has 4 rings (SSSR count). The smallest absolute Gasteiger partial charge is 0.280 e. The van der Waals surface area contributed by atoms with Crippen LogP contribution in [-0.2, 0) is 9.30 Å². The van der Waals surface area contributed by atoms with E-state index in [1.165, 1.54) is 6.42 Å². The molecule has 2 aromatic carbocycles. The molecule has 4 nitrogen and oxygen atoms in total. The Balaban J connectivity index is 0.000000314. The SMILES string of the molecule is CCC(O)CP1(=O)Oc2ccccc2-c2ccccc21.CCC1CO1. The van der Waals surface area contributed by atoms with Gasteiger partial charge in [0.15, 0.2) is 0 Å². The van der Waals surface area contributed by atoms with E-state index in [1.807, 2.05) is 55.5 Å². The lowest BCUT2D eigenvalue weighted by Gasteiger charge is -2.29. The van der Waals surface area contributed by atoms with Gasteiger partial charge in [0.05, 0.1) is 30.3 Å². The number of aliphatic hydroxyl groups is 1. The summed E-state index contributed by atoms with van der Waals surface area (Å²) in [6.45, 7) is 5.02. The van der Waals surface area contributed by atoms with Crippen molar-refractivity contribution in [1.82, 2.24) is 0 Å². The van der Waals surface area contributed by atoms with E-state index in [2.05, 4.69) is 6.92 Å². The minimum atomic E-state index is -3.06. The first-order chi connectivity index (χ1) is 12.1. The van der Waals surface area contributed by atoms with Crippen LogP contribution in [0.5, 0.6) is 5.75 Å². The predicted molar refractivity (Wildman–Crippen MR) is 101 cm³/mol.